The van der Waals surface area contributed by atoms with Crippen molar-refractivity contribution in [2.45, 2.75) is 0 Å². The van der Waals surface area contributed by atoms with Gasteiger partial charge in [-0.3, -0.25) is 4.98 Å². The minimum Gasteiger partial charge on any atom is -0.256 e. The molecule has 11 aromatic carbocycles. The predicted molar refractivity (Wildman–Crippen MR) is 287 cm³/mol. The van der Waals surface area contributed by atoms with Gasteiger partial charge in [-0.15, -0.1) is 0 Å². The first kappa shape index (κ1) is 38.4. The molecule has 2 aliphatic carbocycles. The smallest absolute Gasteiger partial charge is 0.0702 e. The highest BCUT2D eigenvalue weighted by Crippen LogP contribution is 2.63. The molecule has 0 saturated carbocycles. The van der Waals surface area contributed by atoms with Gasteiger partial charge in [0.15, 0.2) is 0 Å². The fourth-order valence-electron chi connectivity index (χ4n) is 11.5. The van der Waals surface area contributed by atoms with Crippen LogP contribution in [0.25, 0.3) is 104 Å². The zero-order valence-electron chi connectivity index (χ0n) is 37.1. The molecule has 0 saturated heterocycles. The third-order valence-corrected chi connectivity index (χ3v) is 14.4. The third kappa shape index (κ3) is 5.79. The summed E-state index contributed by atoms with van der Waals surface area (Å²) in [6.07, 6.45) is 2.11. The normalized spacial score (nSPS) is 13.4. The van der Waals surface area contributed by atoms with Crippen molar-refractivity contribution in [2.24, 2.45) is 0 Å². The number of nitrogens with zero attached hydrogens (tertiary/aromatic N) is 1. The van der Waals surface area contributed by atoms with Gasteiger partial charge in [0.2, 0.25) is 0 Å². The summed E-state index contributed by atoms with van der Waals surface area (Å²) >= 11 is 0. The summed E-state index contributed by atoms with van der Waals surface area (Å²) in [5.41, 5.74) is 21.4. The van der Waals surface area contributed by atoms with E-state index in [9.17, 15) is 0 Å². The molecule has 2 aliphatic rings. The Kier molecular flexibility index (Phi) is 8.66. The van der Waals surface area contributed by atoms with Crippen molar-refractivity contribution in [3.63, 3.8) is 0 Å². The van der Waals surface area contributed by atoms with Gasteiger partial charge in [-0.1, -0.05) is 224 Å². The summed E-state index contributed by atoms with van der Waals surface area (Å²) in [4.78, 5) is 5.23. The molecule has 68 heavy (non-hydrogen) atoms. The SMILES string of the molecule is c1ccc(C2=C(c3ccccc3)C(c3ccc(-c4ccccc4)nc3)=C3C2=C(c2ccc4cccc5c6cccc7cccc(c2c45)c76)c2cc(-c4ccccc4)c(-c4ccccc4)cc23)cc1. The lowest BCUT2D eigenvalue weighted by molar-refractivity contribution is 1.31. The Labute approximate surface area is 395 Å². The molecule has 0 N–H and O–H groups in total. The number of pyridine rings is 1. The van der Waals surface area contributed by atoms with E-state index in [1.54, 1.807) is 0 Å². The molecule has 0 amide bonds. The fraction of sp³-hybridized carbons (Fsp3) is 0. The van der Waals surface area contributed by atoms with E-state index in [2.05, 4.69) is 249 Å². The van der Waals surface area contributed by atoms with Gasteiger partial charge >= 0.3 is 0 Å². The number of fused-ring (bicyclic) bond motifs is 5. The van der Waals surface area contributed by atoms with E-state index in [1.807, 2.05) is 0 Å². The van der Waals surface area contributed by atoms with Gasteiger partial charge in [-0.2, -0.15) is 0 Å². The largest absolute Gasteiger partial charge is 0.256 e. The Balaban J connectivity index is 1.20. The maximum absolute atomic E-state index is 5.23. The number of aromatic nitrogens is 1. The highest BCUT2D eigenvalue weighted by Gasteiger charge is 2.41. The molecule has 0 bridgehead atoms. The molecule has 0 radical (unpaired) electrons. The molecule has 1 heteroatoms. The Morgan fingerprint density at radius 1 is 0.221 bits per heavy atom. The second kappa shape index (κ2) is 15.3. The van der Waals surface area contributed by atoms with Crippen LogP contribution >= 0.6 is 0 Å². The van der Waals surface area contributed by atoms with E-state index in [-0.39, 0.29) is 0 Å². The topological polar surface area (TPSA) is 12.9 Å². The van der Waals surface area contributed by atoms with Crippen LogP contribution in [0.15, 0.2) is 254 Å². The first-order chi connectivity index (χ1) is 33.8. The van der Waals surface area contributed by atoms with Crippen molar-refractivity contribution in [3.8, 4) is 33.5 Å². The molecule has 1 heterocycles. The minimum absolute atomic E-state index is 0.953. The fourth-order valence-corrected chi connectivity index (χ4v) is 11.5. The Hall–Kier alpha value is -8.91. The van der Waals surface area contributed by atoms with E-state index in [0.29, 0.717) is 0 Å². The standard InChI is InChI=1S/C67H41N/c1-6-19-42(20-7-1)54-39-56-57(40-55(54)43-21-8-2-9-22-43)66-63(49-36-38-58(68-41-49)44-23-10-3-11-24-44)61(46-25-12-4-13-26-46)62(47-27-14-5-15-28-47)67(66)65(56)53-37-35-48-31-17-33-51-50-32-16-29-45-30-18-34-52(59(45)50)64(53)60(48)51/h1-41H. The van der Waals surface area contributed by atoms with E-state index in [0.717, 1.165) is 16.8 Å². The van der Waals surface area contributed by atoms with Crippen LogP contribution in [0.5, 0.6) is 0 Å². The molecule has 1 aromatic heterocycles. The number of hydrogen-bond acceptors (Lipinski definition) is 1. The maximum atomic E-state index is 5.23. The molecule has 314 valence electrons. The van der Waals surface area contributed by atoms with Gasteiger partial charge in [0.25, 0.3) is 0 Å². The average Bonchev–Trinajstić information content (AvgIpc) is 3.93. The summed E-state index contributed by atoms with van der Waals surface area (Å²) in [6.45, 7) is 0. The first-order valence-corrected chi connectivity index (χ1v) is 23.5. The highest BCUT2D eigenvalue weighted by atomic mass is 14.7. The van der Waals surface area contributed by atoms with Crippen LogP contribution in [0.2, 0.25) is 0 Å². The Morgan fingerprint density at radius 3 is 1.22 bits per heavy atom. The third-order valence-electron chi connectivity index (χ3n) is 14.4. The van der Waals surface area contributed by atoms with Crippen LogP contribution in [0.1, 0.15) is 33.4 Å². The average molecular weight is 860 g/mol. The minimum atomic E-state index is 0.953. The van der Waals surface area contributed by atoms with Crippen molar-refractivity contribution in [2.75, 3.05) is 0 Å². The summed E-state index contributed by atoms with van der Waals surface area (Å²) < 4.78 is 0. The molecule has 14 rings (SSSR count). The Bertz CT molecular complexity index is 4050. The molecular formula is C67H41N. The van der Waals surface area contributed by atoms with E-state index in [4.69, 9.17) is 4.98 Å². The van der Waals surface area contributed by atoms with Gasteiger partial charge < -0.3 is 0 Å². The van der Waals surface area contributed by atoms with Gasteiger partial charge in [-0.25, -0.2) is 0 Å². The highest BCUT2D eigenvalue weighted by molar-refractivity contribution is 6.41. The van der Waals surface area contributed by atoms with Crippen molar-refractivity contribution >= 4 is 71.0 Å². The molecule has 0 atom stereocenters. The van der Waals surface area contributed by atoms with Crippen LogP contribution in [0, 0.1) is 0 Å². The molecular weight excluding hydrogens is 819 g/mol. The predicted octanol–water partition coefficient (Wildman–Crippen LogP) is 17.5. The summed E-state index contributed by atoms with van der Waals surface area (Å²) in [6, 6.07) is 89.3. The van der Waals surface area contributed by atoms with Crippen LogP contribution in [0.4, 0.5) is 0 Å². The molecule has 0 aliphatic heterocycles. The molecule has 0 spiro atoms. The maximum Gasteiger partial charge on any atom is 0.0702 e. The summed E-state index contributed by atoms with van der Waals surface area (Å²) in [7, 11) is 0. The van der Waals surface area contributed by atoms with E-state index in [1.165, 1.54) is 127 Å². The first-order valence-electron chi connectivity index (χ1n) is 23.5. The van der Waals surface area contributed by atoms with Crippen LogP contribution in [-0.4, -0.2) is 4.98 Å². The number of hydrogen-bond donors (Lipinski definition) is 0. The lowest BCUT2D eigenvalue weighted by Gasteiger charge is -2.21. The van der Waals surface area contributed by atoms with Gasteiger partial charge in [0.1, 0.15) is 0 Å². The zero-order valence-corrected chi connectivity index (χ0v) is 37.1. The lowest BCUT2D eigenvalue weighted by atomic mass is 9.82. The molecule has 0 unspecified atom stereocenters. The van der Waals surface area contributed by atoms with Crippen LogP contribution in [-0.2, 0) is 0 Å². The quantitative estimate of drug-likeness (QED) is 0.115. The summed E-state index contributed by atoms with van der Waals surface area (Å²) in [5.74, 6) is 0. The van der Waals surface area contributed by atoms with Crippen molar-refractivity contribution in [3.05, 3.63) is 288 Å². The molecule has 12 aromatic rings. The molecule has 0 fully saturated rings. The van der Waals surface area contributed by atoms with E-state index < -0.39 is 0 Å². The van der Waals surface area contributed by atoms with Crippen molar-refractivity contribution in [1.29, 1.82) is 0 Å². The van der Waals surface area contributed by atoms with Crippen molar-refractivity contribution in [1.82, 2.24) is 4.98 Å². The van der Waals surface area contributed by atoms with Gasteiger partial charge in [0, 0.05) is 22.9 Å². The number of allylic oxidation sites excluding steroid dienone is 5. The van der Waals surface area contributed by atoms with Crippen LogP contribution < -0.4 is 0 Å². The van der Waals surface area contributed by atoms with Gasteiger partial charge in [0.05, 0.1) is 5.69 Å². The van der Waals surface area contributed by atoms with E-state index >= 15 is 0 Å². The number of benzene rings is 11. The second-order valence-electron chi connectivity index (χ2n) is 18.1. The summed E-state index contributed by atoms with van der Waals surface area (Å²) in [5, 5.41) is 10.3. The number of rotatable bonds is 7. The van der Waals surface area contributed by atoms with Crippen LogP contribution in [0.3, 0.4) is 0 Å². The molecule has 1 nitrogen and oxygen atoms in total. The van der Waals surface area contributed by atoms with Gasteiger partial charge in [-0.05, 0) is 139 Å². The monoisotopic (exact) mass is 859 g/mol. The Morgan fingerprint density at radius 2 is 0.676 bits per heavy atom. The van der Waals surface area contributed by atoms with Crippen molar-refractivity contribution < 1.29 is 0 Å². The zero-order chi connectivity index (χ0) is 44.7. The lowest BCUT2D eigenvalue weighted by Crippen LogP contribution is -1.98. The second-order valence-corrected chi connectivity index (χ2v) is 18.1.